The number of allylic oxidation sites excluding steroid dienone is 3. The minimum atomic E-state index is 0.850. The molecular formula is C7H11NO2. The Kier molecular flexibility index (Phi) is 5.14. The van der Waals surface area contributed by atoms with Gasteiger partial charge in [-0.1, -0.05) is 6.08 Å². The van der Waals surface area contributed by atoms with E-state index in [4.69, 9.17) is 0 Å². The number of nitrogens with one attached hydrogen (secondary N) is 1. The molecule has 3 heteroatoms. The predicted octanol–water partition coefficient (Wildman–Crippen LogP) is -0.258. The van der Waals surface area contributed by atoms with Crippen molar-refractivity contribution in [3.8, 4) is 0 Å². The molecule has 0 radical (unpaired) electrons. The summed E-state index contributed by atoms with van der Waals surface area (Å²) in [6, 6.07) is 0. The lowest BCUT2D eigenvalue weighted by molar-refractivity contribution is -0.366. The van der Waals surface area contributed by atoms with Crippen LogP contribution in [-0.4, -0.2) is 13.3 Å². The van der Waals surface area contributed by atoms with Crippen LogP contribution in [0.4, 0.5) is 0 Å². The van der Waals surface area contributed by atoms with Gasteiger partial charge in [0.05, 0.1) is 13.4 Å². The first-order valence-corrected chi connectivity index (χ1v) is 2.88. The highest BCUT2D eigenvalue weighted by atomic mass is 16.5. The topological polar surface area (TPSA) is 46.3 Å². The third-order valence-electron chi connectivity index (χ3n) is 0.860. The first-order chi connectivity index (χ1) is 4.81. The molecule has 0 rings (SSSR count). The van der Waals surface area contributed by atoms with E-state index in [0.717, 1.165) is 5.57 Å². The summed E-state index contributed by atoms with van der Waals surface area (Å²) < 4.78 is 4.63. The number of rotatable bonds is 3. The van der Waals surface area contributed by atoms with Crippen molar-refractivity contribution in [2.75, 3.05) is 7.11 Å². The van der Waals surface area contributed by atoms with E-state index in [9.17, 15) is 5.21 Å². The second kappa shape index (κ2) is 5.88. The molecule has 0 aromatic carbocycles. The van der Waals surface area contributed by atoms with Crippen LogP contribution in [0, 0.1) is 5.21 Å². The number of hydrogen-bond donors (Lipinski definition) is 1. The maximum absolute atomic E-state index is 9.77. The molecular weight excluding hydrogens is 130 g/mol. The number of methoxy groups -OCH3 is 1. The summed E-state index contributed by atoms with van der Waals surface area (Å²) in [4.78, 5) is 0. The molecule has 0 fully saturated rings. The smallest absolute Gasteiger partial charge is 0.175 e. The quantitative estimate of drug-likeness (QED) is 0.193. The zero-order chi connectivity index (χ0) is 7.82. The van der Waals surface area contributed by atoms with E-state index < -0.39 is 0 Å². The van der Waals surface area contributed by atoms with Gasteiger partial charge in [0.2, 0.25) is 0 Å². The monoisotopic (exact) mass is 141 g/mol. The first kappa shape index (κ1) is 8.75. The average Bonchev–Trinajstić information content (AvgIpc) is 1.89. The third kappa shape index (κ3) is 4.90. The largest absolute Gasteiger partial charge is 0.625 e. The standard InChI is InChI=1S/C7H11NO2/c1-7(6-8-9)4-3-5-10-2/h3-6,8H,1-2H3/b5-3+,7-4-,8-6+. The van der Waals surface area contributed by atoms with E-state index in [1.165, 1.54) is 12.5 Å². The lowest BCUT2D eigenvalue weighted by Gasteiger charge is -1.84. The fourth-order valence-corrected chi connectivity index (χ4v) is 0.411. The average molecular weight is 141 g/mol. The molecule has 0 saturated heterocycles. The Morgan fingerprint density at radius 3 is 2.80 bits per heavy atom. The Bertz CT molecular complexity index is 159. The third-order valence-corrected chi connectivity index (χ3v) is 0.860. The summed E-state index contributed by atoms with van der Waals surface area (Å²) in [5.41, 5.74) is 0.850. The van der Waals surface area contributed by atoms with Gasteiger partial charge in [0.1, 0.15) is 0 Å². The van der Waals surface area contributed by atoms with Crippen LogP contribution in [0.3, 0.4) is 0 Å². The molecule has 3 nitrogen and oxygen atoms in total. The Morgan fingerprint density at radius 1 is 1.60 bits per heavy atom. The Labute approximate surface area is 60.3 Å². The first-order valence-electron chi connectivity index (χ1n) is 2.88. The van der Waals surface area contributed by atoms with Crippen molar-refractivity contribution in [2.45, 2.75) is 6.92 Å². The highest BCUT2D eigenvalue weighted by Gasteiger charge is 1.79. The van der Waals surface area contributed by atoms with Gasteiger partial charge < -0.3 is 9.94 Å². The summed E-state index contributed by atoms with van der Waals surface area (Å²) in [5.74, 6) is 0. The normalized spacial score (nSPS) is 13.2. The van der Waals surface area contributed by atoms with Gasteiger partial charge in [-0.2, -0.15) is 0 Å². The molecule has 0 amide bonds. The van der Waals surface area contributed by atoms with Crippen molar-refractivity contribution in [1.82, 2.24) is 0 Å². The van der Waals surface area contributed by atoms with E-state index in [2.05, 4.69) is 4.74 Å². The van der Waals surface area contributed by atoms with E-state index in [0.29, 0.717) is 0 Å². The fourth-order valence-electron chi connectivity index (χ4n) is 0.411. The van der Waals surface area contributed by atoms with Crippen molar-refractivity contribution in [2.24, 2.45) is 0 Å². The van der Waals surface area contributed by atoms with Crippen LogP contribution >= 0.6 is 0 Å². The highest BCUT2D eigenvalue weighted by Crippen LogP contribution is 1.85. The molecule has 0 unspecified atom stereocenters. The van der Waals surface area contributed by atoms with Gasteiger partial charge in [-0.3, -0.25) is 0 Å². The van der Waals surface area contributed by atoms with Gasteiger partial charge in [-0.25, -0.2) is 5.16 Å². The Morgan fingerprint density at radius 2 is 2.30 bits per heavy atom. The molecule has 0 atom stereocenters. The molecule has 56 valence electrons. The lowest BCUT2D eigenvalue weighted by atomic mass is 10.3. The van der Waals surface area contributed by atoms with Crippen LogP contribution in [-0.2, 0) is 4.74 Å². The van der Waals surface area contributed by atoms with E-state index >= 15 is 0 Å². The molecule has 0 aliphatic carbocycles. The molecule has 1 N–H and O–H groups in total. The summed E-state index contributed by atoms with van der Waals surface area (Å²) >= 11 is 0. The van der Waals surface area contributed by atoms with Crippen LogP contribution in [0.5, 0.6) is 0 Å². The van der Waals surface area contributed by atoms with Crippen molar-refractivity contribution in [3.63, 3.8) is 0 Å². The molecule has 0 spiro atoms. The molecule has 0 aliphatic rings. The van der Waals surface area contributed by atoms with Gasteiger partial charge in [0.15, 0.2) is 6.21 Å². The fraction of sp³-hybridized carbons (Fsp3) is 0.286. The van der Waals surface area contributed by atoms with Gasteiger partial charge in [-0.15, -0.1) is 0 Å². The van der Waals surface area contributed by atoms with Crippen molar-refractivity contribution >= 4 is 6.21 Å². The van der Waals surface area contributed by atoms with Crippen LogP contribution in [0.15, 0.2) is 24.0 Å². The number of hydrogen-bond acceptors (Lipinski definition) is 2. The van der Waals surface area contributed by atoms with E-state index in [1.807, 2.05) is 6.92 Å². The van der Waals surface area contributed by atoms with Crippen LogP contribution in [0.2, 0.25) is 0 Å². The van der Waals surface area contributed by atoms with Crippen molar-refractivity contribution in [3.05, 3.63) is 29.2 Å². The minimum Gasteiger partial charge on any atom is -0.625 e. The van der Waals surface area contributed by atoms with E-state index in [1.54, 1.807) is 24.4 Å². The number of ether oxygens (including phenoxy) is 1. The predicted molar refractivity (Wildman–Crippen MR) is 40.3 cm³/mol. The molecule has 0 saturated carbocycles. The van der Waals surface area contributed by atoms with Crippen LogP contribution in [0.1, 0.15) is 6.92 Å². The van der Waals surface area contributed by atoms with Gasteiger partial charge in [0.25, 0.3) is 0 Å². The molecule has 10 heavy (non-hydrogen) atoms. The minimum absolute atomic E-state index is 0.850. The zero-order valence-corrected chi connectivity index (χ0v) is 6.13. The summed E-state index contributed by atoms with van der Waals surface area (Å²) in [6.45, 7) is 1.81. The molecule has 0 heterocycles. The summed E-state index contributed by atoms with van der Waals surface area (Å²) in [7, 11) is 1.56. The Hall–Kier alpha value is -1.25. The lowest BCUT2D eigenvalue weighted by Crippen LogP contribution is -2.60. The summed E-state index contributed by atoms with van der Waals surface area (Å²) in [6.07, 6.45) is 6.36. The second-order valence-corrected chi connectivity index (χ2v) is 1.74. The van der Waals surface area contributed by atoms with Crippen LogP contribution in [0.25, 0.3) is 0 Å². The zero-order valence-electron chi connectivity index (χ0n) is 6.13. The van der Waals surface area contributed by atoms with Crippen molar-refractivity contribution in [1.29, 1.82) is 0 Å². The van der Waals surface area contributed by atoms with Crippen LogP contribution < -0.4 is 5.16 Å². The Balaban J connectivity index is 3.79. The maximum Gasteiger partial charge on any atom is 0.175 e. The molecule has 0 bridgehead atoms. The summed E-state index contributed by atoms with van der Waals surface area (Å²) in [5, 5.41) is 11.4. The van der Waals surface area contributed by atoms with E-state index in [-0.39, 0.29) is 0 Å². The molecule has 0 aromatic heterocycles. The molecule has 0 aromatic rings. The SMILES string of the molecule is CO/C=C/C=C(C)\C=[NH+]\[O-]. The maximum atomic E-state index is 9.77. The van der Waals surface area contributed by atoms with Crippen molar-refractivity contribution < 1.29 is 9.89 Å². The second-order valence-electron chi connectivity index (χ2n) is 1.74. The molecule has 0 aliphatic heterocycles. The van der Waals surface area contributed by atoms with Gasteiger partial charge in [0, 0.05) is 5.57 Å². The highest BCUT2D eigenvalue weighted by molar-refractivity contribution is 5.73. The van der Waals surface area contributed by atoms with Gasteiger partial charge in [-0.05, 0) is 13.0 Å². The van der Waals surface area contributed by atoms with Gasteiger partial charge >= 0.3 is 0 Å².